The number of imide groups is 1. The lowest BCUT2D eigenvalue weighted by Crippen LogP contribution is -2.56. The quantitative estimate of drug-likeness (QED) is 0.0711. The van der Waals surface area contributed by atoms with Gasteiger partial charge in [-0.15, -0.1) is 0 Å². The van der Waals surface area contributed by atoms with E-state index in [9.17, 15) is 33.6 Å². The van der Waals surface area contributed by atoms with E-state index in [1.54, 1.807) is 75.4 Å². The van der Waals surface area contributed by atoms with Crippen molar-refractivity contribution in [2.24, 2.45) is 0 Å². The van der Waals surface area contributed by atoms with E-state index in [0.29, 0.717) is 5.56 Å². The number of rotatable bonds is 17. The number of esters is 2. The largest absolute Gasteiger partial charge is 0.467 e. The molecule has 5 amide bonds. The van der Waals surface area contributed by atoms with Gasteiger partial charge in [0.2, 0.25) is 23.6 Å². The summed E-state index contributed by atoms with van der Waals surface area (Å²) in [5, 5.41) is 7.63. The van der Waals surface area contributed by atoms with Crippen molar-refractivity contribution < 1.29 is 47.8 Å². The molecule has 0 aliphatic carbocycles. The third-order valence-corrected chi connectivity index (χ3v) is 9.39. The lowest BCUT2D eigenvalue weighted by molar-refractivity contribution is -0.154. The van der Waals surface area contributed by atoms with Gasteiger partial charge in [-0.2, -0.15) is 0 Å². The van der Waals surface area contributed by atoms with Gasteiger partial charge in [-0.05, 0) is 31.9 Å². The highest BCUT2D eigenvalue weighted by Crippen LogP contribution is 2.27. The number of hydrogen-bond donors (Lipinski definition) is 3. The van der Waals surface area contributed by atoms with Crippen LogP contribution in [0.15, 0.2) is 60.7 Å². The molecule has 3 N–H and O–H groups in total. The first-order valence-corrected chi connectivity index (χ1v) is 18.2. The molecule has 1 fully saturated rings. The van der Waals surface area contributed by atoms with E-state index in [-0.39, 0.29) is 37.4 Å². The summed E-state index contributed by atoms with van der Waals surface area (Å²) in [7, 11) is 3.35. The SMILES string of the molecule is COC(=O)[C@H](CSSC[C@H](C(=O)N[C@@H](Cc1ccccc1)C(=O)NCC(=O)OC(C)(C)C)N1C(=O)CCC1=O)NC(=O)OCc1ccccc1. The van der Waals surface area contributed by atoms with Gasteiger partial charge in [0.15, 0.2) is 0 Å². The van der Waals surface area contributed by atoms with Crippen LogP contribution in [0.25, 0.3) is 0 Å². The molecule has 0 aromatic heterocycles. The first-order valence-electron chi connectivity index (χ1n) is 15.8. The number of carbonyl (C=O) groups is 7. The van der Waals surface area contributed by atoms with Gasteiger partial charge in [0.05, 0.1) is 7.11 Å². The van der Waals surface area contributed by atoms with Gasteiger partial charge in [-0.3, -0.25) is 28.9 Å². The zero-order chi connectivity index (χ0) is 36.7. The van der Waals surface area contributed by atoms with Crippen molar-refractivity contribution >= 4 is 63.2 Å². The van der Waals surface area contributed by atoms with E-state index in [4.69, 9.17) is 14.2 Å². The topological polar surface area (TPSA) is 187 Å². The van der Waals surface area contributed by atoms with Gasteiger partial charge in [0, 0.05) is 30.8 Å². The molecule has 2 aromatic carbocycles. The molecule has 16 heteroatoms. The van der Waals surface area contributed by atoms with Gasteiger partial charge < -0.3 is 30.2 Å². The molecule has 3 rings (SSSR count). The molecule has 0 bridgehead atoms. The van der Waals surface area contributed by atoms with Crippen LogP contribution in [0.4, 0.5) is 4.79 Å². The molecule has 2 aromatic rings. The normalized spacial score (nSPS) is 14.6. The number of methoxy groups -OCH3 is 1. The summed E-state index contributed by atoms with van der Waals surface area (Å²) in [6.07, 6.45) is -0.918. The number of benzene rings is 2. The maximum atomic E-state index is 13.8. The number of ether oxygens (including phenoxy) is 3. The fraction of sp³-hybridized carbons (Fsp3) is 0.441. The summed E-state index contributed by atoms with van der Waals surface area (Å²) in [6.45, 7) is 4.62. The highest BCUT2D eigenvalue weighted by molar-refractivity contribution is 8.76. The Morgan fingerprint density at radius 2 is 1.38 bits per heavy atom. The Bertz CT molecular complexity index is 1490. The Hall–Kier alpha value is -4.57. The van der Waals surface area contributed by atoms with E-state index < -0.39 is 71.9 Å². The van der Waals surface area contributed by atoms with Crippen LogP contribution in [0.1, 0.15) is 44.7 Å². The van der Waals surface area contributed by atoms with E-state index >= 15 is 0 Å². The second kappa shape index (κ2) is 19.6. The Labute approximate surface area is 298 Å². The van der Waals surface area contributed by atoms with Crippen LogP contribution in [-0.2, 0) is 56.0 Å². The summed E-state index contributed by atoms with van der Waals surface area (Å²) in [4.78, 5) is 90.5. The summed E-state index contributed by atoms with van der Waals surface area (Å²) in [5.74, 6) is -4.00. The van der Waals surface area contributed by atoms with Gasteiger partial charge in [0.25, 0.3) is 0 Å². The van der Waals surface area contributed by atoms with E-state index in [1.807, 2.05) is 6.07 Å². The first kappa shape index (κ1) is 39.9. The highest BCUT2D eigenvalue weighted by Gasteiger charge is 2.40. The Balaban J connectivity index is 1.68. The number of alkyl carbamates (subject to hydrolysis) is 1. The molecule has 0 unspecified atom stereocenters. The summed E-state index contributed by atoms with van der Waals surface area (Å²) < 4.78 is 15.3. The second-order valence-corrected chi connectivity index (χ2v) is 14.6. The number of amides is 5. The molecule has 14 nitrogen and oxygen atoms in total. The van der Waals surface area contributed by atoms with Crippen molar-refractivity contribution in [1.29, 1.82) is 0 Å². The van der Waals surface area contributed by atoms with Crippen LogP contribution in [0.2, 0.25) is 0 Å². The molecule has 3 atom stereocenters. The number of nitrogens with one attached hydrogen (secondary N) is 3. The Kier molecular flexibility index (Phi) is 15.6. The zero-order valence-corrected chi connectivity index (χ0v) is 29.9. The minimum atomic E-state index is -1.30. The molecular weight excluding hydrogens is 689 g/mol. The predicted molar refractivity (Wildman–Crippen MR) is 186 cm³/mol. The van der Waals surface area contributed by atoms with Crippen LogP contribution in [-0.4, -0.2) is 95.4 Å². The van der Waals surface area contributed by atoms with Crippen LogP contribution < -0.4 is 16.0 Å². The molecule has 1 aliphatic rings. The highest BCUT2D eigenvalue weighted by atomic mass is 33.1. The standard InChI is InChI=1S/C34H42N4O10S2/c1-34(2,3)48-29(41)18-35-30(42)24(17-22-11-7-5-8-12-22)36-31(43)26(38-27(39)15-16-28(38)40)21-50-49-20-25(32(44)46-4)37-33(45)47-19-23-13-9-6-10-14-23/h5-14,24-26H,15-21H2,1-4H3,(H,35,42)(H,36,43)(H,37,45)/t24-,25-,26+/m0/s1. The van der Waals surface area contributed by atoms with E-state index in [0.717, 1.165) is 32.1 Å². The molecular formula is C34H42N4O10S2. The molecule has 0 spiro atoms. The minimum Gasteiger partial charge on any atom is -0.467 e. The number of hydrogen-bond acceptors (Lipinski definition) is 12. The summed E-state index contributed by atoms with van der Waals surface area (Å²) in [5.41, 5.74) is 0.697. The fourth-order valence-electron chi connectivity index (χ4n) is 4.64. The van der Waals surface area contributed by atoms with Gasteiger partial charge >= 0.3 is 18.0 Å². The van der Waals surface area contributed by atoms with Crippen molar-refractivity contribution in [1.82, 2.24) is 20.9 Å². The van der Waals surface area contributed by atoms with Gasteiger partial charge in [-0.25, -0.2) is 9.59 Å². The van der Waals surface area contributed by atoms with Gasteiger partial charge in [-0.1, -0.05) is 82.3 Å². The number of nitrogens with zero attached hydrogens (tertiary/aromatic N) is 1. The smallest absolute Gasteiger partial charge is 0.408 e. The van der Waals surface area contributed by atoms with E-state index in [1.165, 1.54) is 7.11 Å². The predicted octanol–water partition coefficient (Wildman–Crippen LogP) is 2.54. The zero-order valence-electron chi connectivity index (χ0n) is 28.3. The average molecular weight is 731 g/mol. The maximum absolute atomic E-state index is 13.8. The summed E-state index contributed by atoms with van der Waals surface area (Å²) >= 11 is 0. The van der Waals surface area contributed by atoms with Crippen LogP contribution in [0, 0.1) is 0 Å². The van der Waals surface area contributed by atoms with Crippen molar-refractivity contribution in [2.45, 2.75) is 70.4 Å². The van der Waals surface area contributed by atoms with Crippen molar-refractivity contribution in [3.05, 3.63) is 71.8 Å². The molecule has 1 saturated heterocycles. The summed E-state index contributed by atoms with van der Waals surface area (Å²) in [6, 6.07) is 14.3. The van der Waals surface area contributed by atoms with Crippen molar-refractivity contribution in [2.75, 3.05) is 25.2 Å². The van der Waals surface area contributed by atoms with Crippen molar-refractivity contribution in [3.63, 3.8) is 0 Å². The third kappa shape index (κ3) is 13.4. The van der Waals surface area contributed by atoms with Crippen LogP contribution >= 0.6 is 21.6 Å². The molecule has 1 heterocycles. The molecule has 50 heavy (non-hydrogen) atoms. The molecule has 0 saturated carbocycles. The fourth-order valence-corrected chi connectivity index (χ4v) is 6.99. The monoisotopic (exact) mass is 730 g/mol. The Morgan fingerprint density at radius 1 is 0.800 bits per heavy atom. The first-order chi connectivity index (χ1) is 23.8. The third-order valence-electron chi connectivity index (χ3n) is 6.98. The van der Waals surface area contributed by atoms with Gasteiger partial charge in [0.1, 0.15) is 36.9 Å². The van der Waals surface area contributed by atoms with E-state index in [2.05, 4.69) is 16.0 Å². The molecule has 270 valence electrons. The molecule has 1 aliphatic heterocycles. The lowest BCUT2D eigenvalue weighted by atomic mass is 10.0. The van der Waals surface area contributed by atoms with Crippen LogP contribution in [0.3, 0.4) is 0 Å². The molecule has 0 radical (unpaired) electrons. The minimum absolute atomic E-state index is 0.00227. The van der Waals surface area contributed by atoms with Crippen molar-refractivity contribution in [3.8, 4) is 0 Å². The maximum Gasteiger partial charge on any atom is 0.408 e. The second-order valence-electron chi connectivity index (χ2n) is 12.1. The lowest BCUT2D eigenvalue weighted by Gasteiger charge is -2.27. The van der Waals surface area contributed by atoms with Crippen LogP contribution in [0.5, 0.6) is 0 Å². The average Bonchev–Trinajstić information content (AvgIpc) is 3.41. The number of likely N-dealkylation sites (tertiary alicyclic amines) is 1. The number of carbonyl (C=O) groups excluding carboxylic acids is 7. The Morgan fingerprint density at radius 3 is 1.96 bits per heavy atom.